The topological polar surface area (TPSA) is 97.0 Å². The maximum Gasteiger partial charge on any atom is 0.437 e. The molecule has 1 heterocycles. The van der Waals surface area contributed by atoms with Gasteiger partial charge in [0, 0.05) is 19.4 Å². The lowest BCUT2D eigenvalue weighted by atomic mass is 10.2. The van der Waals surface area contributed by atoms with Gasteiger partial charge in [-0.1, -0.05) is 0 Å². The number of carbonyl (C=O) groups is 2. The molecule has 0 fully saturated rings. The summed E-state index contributed by atoms with van der Waals surface area (Å²) in [5.41, 5.74) is -0.711. The summed E-state index contributed by atoms with van der Waals surface area (Å²) in [6.45, 7) is 5.07. The molecule has 0 aromatic carbocycles. The summed E-state index contributed by atoms with van der Waals surface area (Å²) < 4.78 is 6.17. The van der Waals surface area contributed by atoms with E-state index in [4.69, 9.17) is 9.84 Å². The van der Waals surface area contributed by atoms with E-state index < -0.39 is 17.8 Å². The molecule has 0 atom stereocenters. The van der Waals surface area contributed by atoms with E-state index in [1.54, 1.807) is 26.8 Å². The number of carboxylic acid groups (broad SMARTS) is 1. The molecular formula is C11H16N4O4. The van der Waals surface area contributed by atoms with Crippen molar-refractivity contribution in [3.8, 4) is 0 Å². The Morgan fingerprint density at radius 1 is 1.42 bits per heavy atom. The minimum Gasteiger partial charge on any atom is -0.465 e. The van der Waals surface area contributed by atoms with Crippen molar-refractivity contribution < 1.29 is 19.4 Å². The summed E-state index contributed by atoms with van der Waals surface area (Å²) in [4.78, 5) is 27.0. The van der Waals surface area contributed by atoms with Crippen LogP contribution in [0.25, 0.3) is 0 Å². The van der Waals surface area contributed by atoms with E-state index >= 15 is 0 Å². The summed E-state index contributed by atoms with van der Waals surface area (Å²) >= 11 is 0. The van der Waals surface area contributed by atoms with Gasteiger partial charge in [-0.3, -0.25) is 0 Å². The molecule has 0 unspecified atom stereocenters. The summed E-state index contributed by atoms with van der Waals surface area (Å²) in [5, 5.41) is 12.8. The Hall–Kier alpha value is -2.38. The van der Waals surface area contributed by atoms with E-state index in [0.717, 1.165) is 9.58 Å². The van der Waals surface area contributed by atoms with Crippen LogP contribution >= 0.6 is 0 Å². The molecular weight excluding hydrogens is 252 g/mol. The van der Waals surface area contributed by atoms with Gasteiger partial charge in [0.1, 0.15) is 5.60 Å². The highest BCUT2D eigenvalue weighted by Gasteiger charge is 2.21. The smallest absolute Gasteiger partial charge is 0.437 e. The predicted octanol–water partition coefficient (Wildman–Crippen LogP) is 1.63. The molecule has 0 aliphatic rings. The van der Waals surface area contributed by atoms with Gasteiger partial charge in [-0.05, 0) is 26.8 Å². The van der Waals surface area contributed by atoms with Gasteiger partial charge in [-0.15, -0.1) is 4.99 Å². The second-order valence-electron chi connectivity index (χ2n) is 4.68. The highest BCUT2D eigenvalue weighted by Crippen LogP contribution is 2.08. The van der Waals surface area contributed by atoms with Crippen molar-refractivity contribution in [3.63, 3.8) is 0 Å². The minimum atomic E-state index is -1.27. The van der Waals surface area contributed by atoms with E-state index in [-0.39, 0.29) is 5.96 Å². The second kappa shape index (κ2) is 5.51. The van der Waals surface area contributed by atoms with Crippen LogP contribution in [0.15, 0.2) is 23.5 Å². The highest BCUT2D eigenvalue weighted by molar-refractivity contribution is 5.98. The molecule has 104 valence electrons. The third kappa shape index (κ3) is 4.41. The first-order valence-corrected chi connectivity index (χ1v) is 5.49. The first kappa shape index (κ1) is 14.7. The quantitative estimate of drug-likeness (QED) is 0.569. The van der Waals surface area contributed by atoms with Crippen molar-refractivity contribution in [2.75, 3.05) is 7.05 Å². The number of hydrogen-bond acceptors (Lipinski definition) is 4. The van der Waals surface area contributed by atoms with Crippen LogP contribution in [0.2, 0.25) is 0 Å². The van der Waals surface area contributed by atoms with Crippen molar-refractivity contribution in [2.24, 2.45) is 4.99 Å². The lowest BCUT2D eigenvalue weighted by molar-refractivity contribution is 0.0601. The molecule has 1 N–H and O–H groups in total. The van der Waals surface area contributed by atoms with E-state index in [0.29, 0.717) is 0 Å². The number of aromatic nitrogens is 2. The molecule has 0 radical (unpaired) electrons. The molecule has 19 heavy (non-hydrogen) atoms. The summed E-state index contributed by atoms with van der Waals surface area (Å²) in [7, 11) is 1.26. The largest absolute Gasteiger partial charge is 0.465 e. The molecule has 0 aliphatic carbocycles. The van der Waals surface area contributed by atoms with Crippen molar-refractivity contribution in [1.29, 1.82) is 0 Å². The molecule has 8 heteroatoms. The Balaban J connectivity index is 3.04. The standard InChI is InChI=1S/C11H16N4O4/c1-11(2,3)19-9(16)13-8(14(4)10(17)18)15-7-5-6-12-15/h5-7H,1-4H3,(H,17,18). The van der Waals surface area contributed by atoms with Crippen LogP contribution in [0, 0.1) is 0 Å². The third-order valence-corrected chi connectivity index (χ3v) is 1.88. The van der Waals surface area contributed by atoms with E-state index in [1.165, 1.54) is 19.4 Å². The number of hydrogen-bond donors (Lipinski definition) is 1. The van der Waals surface area contributed by atoms with Gasteiger partial charge in [0.15, 0.2) is 0 Å². The van der Waals surface area contributed by atoms with Gasteiger partial charge in [-0.2, -0.15) is 5.10 Å². The van der Waals surface area contributed by atoms with E-state index in [1.807, 2.05) is 0 Å². The zero-order chi connectivity index (χ0) is 14.6. The maximum atomic E-state index is 11.6. The molecule has 2 amide bonds. The molecule has 0 saturated heterocycles. The zero-order valence-corrected chi connectivity index (χ0v) is 11.2. The Kier molecular flexibility index (Phi) is 4.26. The number of nitrogens with zero attached hydrogens (tertiary/aromatic N) is 4. The van der Waals surface area contributed by atoms with Gasteiger partial charge >= 0.3 is 12.2 Å². The van der Waals surface area contributed by atoms with Crippen molar-refractivity contribution in [1.82, 2.24) is 14.7 Å². The van der Waals surface area contributed by atoms with E-state index in [9.17, 15) is 9.59 Å². The Labute approximate surface area is 110 Å². The fourth-order valence-corrected chi connectivity index (χ4v) is 1.12. The van der Waals surface area contributed by atoms with Crippen LogP contribution in [0.4, 0.5) is 9.59 Å². The Bertz CT molecular complexity index is 487. The molecule has 0 saturated carbocycles. The number of aliphatic imine (C=N–C) groups is 1. The van der Waals surface area contributed by atoms with Gasteiger partial charge in [0.05, 0.1) is 0 Å². The molecule has 8 nitrogen and oxygen atoms in total. The Morgan fingerprint density at radius 3 is 2.47 bits per heavy atom. The number of ether oxygens (including phenoxy) is 1. The SMILES string of the molecule is CN(C(=O)O)C(=NC(=O)OC(C)(C)C)n1cccn1. The van der Waals surface area contributed by atoms with Crippen LogP contribution in [0.5, 0.6) is 0 Å². The molecule has 0 bridgehead atoms. The van der Waals surface area contributed by atoms with Crippen LogP contribution < -0.4 is 0 Å². The first-order valence-electron chi connectivity index (χ1n) is 5.49. The van der Waals surface area contributed by atoms with Crippen LogP contribution in [0.3, 0.4) is 0 Å². The first-order chi connectivity index (χ1) is 8.70. The van der Waals surface area contributed by atoms with Gasteiger partial charge < -0.3 is 9.84 Å². The zero-order valence-electron chi connectivity index (χ0n) is 11.2. The summed E-state index contributed by atoms with van der Waals surface area (Å²) in [6, 6.07) is 1.58. The van der Waals surface area contributed by atoms with Gasteiger partial charge in [-0.25, -0.2) is 19.2 Å². The highest BCUT2D eigenvalue weighted by atomic mass is 16.6. The van der Waals surface area contributed by atoms with Crippen LogP contribution in [-0.4, -0.2) is 50.6 Å². The van der Waals surface area contributed by atoms with Crippen molar-refractivity contribution in [3.05, 3.63) is 18.5 Å². The summed E-state index contributed by atoms with van der Waals surface area (Å²) in [5.74, 6) is -0.160. The molecule has 1 rings (SSSR count). The fourth-order valence-electron chi connectivity index (χ4n) is 1.12. The molecule has 1 aromatic heterocycles. The normalized spacial score (nSPS) is 12.1. The minimum absolute atomic E-state index is 0.160. The van der Waals surface area contributed by atoms with E-state index in [2.05, 4.69) is 10.1 Å². The molecule has 1 aromatic rings. The number of rotatable bonds is 0. The monoisotopic (exact) mass is 268 g/mol. The molecule has 0 aliphatic heterocycles. The van der Waals surface area contributed by atoms with Crippen molar-refractivity contribution >= 4 is 18.1 Å². The summed E-state index contributed by atoms with van der Waals surface area (Å²) in [6.07, 6.45) is 0.770. The number of amides is 2. The predicted molar refractivity (Wildman–Crippen MR) is 67.1 cm³/mol. The number of carbonyl (C=O) groups excluding carboxylic acids is 1. The maximum absolute atomic E-state index is 11.6. The van der Waals surface area contributed by atoms with Gasteiger partial charge in [0.25, 0.3) is 0 Å². The average Bonchev–Trinajstić information content (AvgIpc) is 2.75. The lowest BCUT2D eigenvalue weighted by Gasteiger charge is -2.19. The molecule has 0 spiro atoms. The van der Waals surface area contributed by atoms with Crippen molar-refractivity contribution in [2.45, 2.75) is 26.4 Å². The Morgan fingerprint density at radius 2 is 2.05 bits per heavy atom. The lowest BCUT2D eigenvalue weighted by Crippen LogP contribution is -2.38. The third-order valence-electron chi connectivity index (χ3n) is 1.88. The van der Waals surface area contributed by atoms with Gasteiger partial charge in [0.2, 0.25) is 5.96 Å². The average molecular weight is 268 g/mol. The van der Waals surface area contributed by atoms with Crippen LogP contribution in [-0.2, 0) is 4.74 Å². The fraction of sp³-hybridized carbons (Fsp3) is 0.455. The van der Waals surface area contributed by atoms with Crippen LogP contribution in [0.1, 0.15) is 20.8 Å². The second-order valence-corrected chi connectivity index (χ2v) is 4.68.